The third-order valence-corrected chi connectivity index (χ3v) is 3.32. The van der Waals surface area contributed by atoms with Crippen LogP contribution in [0.3, 0.4) is 0 Å². The second kappa shape index (κ2) is 9.32. The van der Waals surface area contributed by atoms with E-state index in [9.17, 15) is 4.79 Å². The SMILES string of the molecule is CC(C)CNC(=O)CN(C)CCCCC(C)(C)CN. The molecule has 4 nitrogen and oxygen atoms in total. The zero-order valence-electron chi connectivity index (χ0n) is 13.5. The lowest BCUT2D eigenvalue weighted by molar-refractivity contribution is -0.122. The number of likely N-dealkylation sites (N-methyl/N-ethyl adjacent to an activating group) is 1. The maximum atomic E-state index is 11.6. The zero-order chi connectivity index (χ0) is 14.9. The molecule has 114 valence electrons. The summed E-state index contributed by atoms with van der Waals surface area (Å²) in [5.74, 6) is 0.631. The van der Waals surface area contributed by atoms with Crippen molar-refractivity contribution in [3.8, 4) is 0 Å². The first-order chi connectivity index (χ1) is 8.76. The second-order valence-corrected chi connectivity index (χ2v) is 6.76. The summed E-state index contributed by atoms with van der Waals surface area (Å²) in [6.07, 6.45) is 3.44. The summed E-state index contributed by atoms with van der Waals surface area (Å²) < 4.78 is 0. The summed E-state index contributed by atoms with van der Waals surface area (Å²) >= 11 is 0. The first kappa shape index (κ1) is 18.4. The molecule has 19 heavy (non-hydrogen) atoms. The number of nitrogens with one attached hydrogen (secondary N) is 1. The van der Waals surface area contributed by atoms with Crippen LogP contribution in [0.1, 0.15) is 47.0 Å². The Morgan fingerprint density at radius 2 is 1.95 bits per heavy atom. The molecule has 0 heterocycles. The lowest BCUT2D eigenvalue weighted by atomic mass is 9.87. The Balaban J connectivity index is 3.64. The van der Waals surface area contributed by atoms with Crippen LogP contribution in [0.15, 0.2) is 0 Å². The topological polar surface area (TPSA) is 58.4 Å². The number of unbranched alkanes of at least 4 members (excludes halogenated alkanes) is 1. The molecule has 3 N–H and O–H groups in total. The molecule has 1 amide bonds. The van der Waals surface area contributed by atoms with Crippen molar-refractivity contribution in [2.24, 2.45) is 17.1 Å². The van der Waals surface area contributed by atoms with Crippen LogP contribution in [-0.2, 0) is 4.79 Å². The van der Waals surface area contributed by atoms with E-state index < -0.39 is 0 Å². The minimum Gasteiger partial charge on any atom is -0.355 e. The molecule has 4 heteroatoms. The average molecular weight is 271 g/mol. The normalized spacial score (nSPS) is 12.2. The van der Waals surface area contributed by atoms with E-state index >= 15 is 0 Å². The number of nitrogens with two attached hydrogens (primary N) is 1. The van der Waals surface area contributed by atoms with Gasteiger partial charge in [-0.3, -0.25) is 9.69 Å². The van der Waals surface area contributed by atoms with Crippen LogP contribution in [0.4, 0.5) is 0 Å². The third kappa shape index (κ3) is 11.0. The summed E-state index contributed by atoms with van der Waals surface area (Å²) in [5.41, 5.74) is 5.95. The smallest absolute Gasteiger partial charge is 0.234 e. The van der Waals surface area contributed by atoms with Gasteiger partial charge in [0.25, 0.3) is 0 Å². The fraction of sp³-hybridized carbons (Fsp3) is 0.933. The molecule has 0 radical (unpaired) electrons. The van der Waals surface area contributed by atoms with Gasteiger partial charge < -0.3 is 11.1 Å². The molecule has 0 aliphatic heterocycles. The molecular formula is C15H33N3O. The quantitative estimate of drug-likeness (QED) is 0.596. The molecule has 0 saturated carbocycles. The van der Waals surface area contributed by atoms with Crippen LogP contribution in [-0.4, -0.2) is 44.0 Å². The molecule has 0 aromatic rings. The largest absolute Gasteiger partial charge is 0.355 e. The second-order valence-electron chi connectivity index (χ2n) is 6.76. The molecular weight excluding hydrogens is 238 g/mol. The van der Waals surface area contributed by atoms with Gasteiger partial charge in [-0.1, -0.05) is 34.1 Å². The lowest BCUT2D eigenvalue weighted by Gasteiger charge is -2.23. The Hall–Kier alpha value is -0.610. The summed E-state index contributed by atoms with van der Waals surface area (Å²) in [5, 5.41) is 2.94. The fourth-order valence-corrected chi connectivity index (χ4v) is 1.79. The Bertz CT molecular complexity index is 252. The Morgan fingerprint density at radius 3 is 2.47 bits per heavy atom. The molecule has 0 aromatic heterocycles. The van der Waals surface area contributed by atoms with Crippen molar-refractivity contribution in [3.05, 3.63) is 0 Å². The predicted octanol–water partition coefficient (Wildman–Crippen LogP) is 1.85. The van der Waals surface area contributed by atoms with Crippen molar-refractivity contribution in [1.82, 2.24) is 10.2 Å². The standard InChI is InChI=1S/C15H33N3O/c1-13(2)10-17-14(19)11-18(5)9-7-6-8-15(3,4)12-16/h13H,6-12,16H2,1-5H3,(H,17,19). The highest BCUT2D eigenvalue weighted by molar-refractivity contribution is 5.77. The Morgan fingerprint density at radius 1 is 1.32 bits per heavy atom. The zero-order valence-corrected chi connectivity index (χ0v) is 13.5. The maximum Gasteiger partial charge on any atom is 0.234 e. The first-order valence-corrected chi connectivity index (χ1v) is 7.42. The van der Waals surface area contributed by atoms with Crippen molar-refractivity contribution < 1.29 is 4.79 Å². The van der Waals surface area contributed by atoms with Crippen molar-refractivity contribution in [3.63, 3.8) is 0 Å². The molecule has 0 rings (SSSR count). The summed E-state index contributed by atoms with van der Waals surface area (Å²) in [6, 6.07) is 0. The van der Waals surface area contributed by atoms with Gasteiger partial charge in [-0.05, 0) is 44.3 Å². The van der Waals surface area contributed by atoms with Gasteiger partial charge in [0.15, 0.2) is 0 Å². The van der Waals surface area contributed by atoms with Crippen LogP contribution in [0, 0.1) is 11.3 Å². The highest BCUT2D eigenvalue weighted by Gasteiger charge is 2.14. The number of carbonyl (C=O) groups is 1. The number of carbonyl (C=O) groups excluding carboxylic acids is 1. The van der Waals surface area contributed by atoms with E-state index in [0.717, 1.165) is 32.5 Å². The van der Waals surface area contributed by atoms with E-state index in [-0.39, 0.29) is 11.3 Å². The van der Waals surface area contributed by atoms with Gasteiger partial charge in [0.2, 0.25) is 5.91 Å². The van der Waals surface area contributed by atoms with Crippen molar-refractivity contribution >= 4 is 5.91 Å². The van der Waals surface area contributed by atoms with Gasteiger partial charge in [-0.15, -0.1) is 0 Å². The van der Waals surface area contributed by atoms with Crippen LogP contribution >= 0.6 is 0 Å². The Labute approximate surface area is 119 Å². The van der Waals surface area contributed by atoms with Crippen LogP contribution < -0.4 is 11.1 Å². The molecule has 0 unspecified atom stereocenters. The van der Waals surface area contributed by atoms with E-state index in [1.807, 2.05) is 7.05 Å². The van der Waals surface area contributed by atoms with Crippen LogP contribution in [0.5, 0.6) is 0 Å². The maximum absolute atomic E-state index is 11.6. The summed E-state index contributed by atoms with van der Waals surface area (Å²) in [6.45, 7) is 11.6. The first-order valence-electron chi connectivity index (χ1n) is 7.42. The lowest BCUT2D eigenvalue weighted by Crippen LogP contribution is -2.37. The van der Waals surface area contributed by atoms with Gasteiger partial charge in [-0.2, -0.15) is 0 Å². The predicted molar refractivity (Wildman–Crippen MR) is 82.0 cm³/mol. The van der Waals surface area contributed by atoms with E-state index in [1.54, 1.807) is 0 Å². The molecule has 0 spiro atoms. The summed E-state index contributed by atoms with van der Waals surface area (Å²) in [7, 11) is 2.00. The fourth-order valence-electron chi connectivity index (χ4n) is 1.79. The molecule has 0 fully saturated rings. The molecule has 0 aliphatic rings. The van der Waals surface area contributed by atoms with E-state index in [2.05, 4.69) is 37.9 Å². The minimum absolute atomic E-state index is 0.124. The van der Waals surface area contributed by atoms with Gasteiger partial charge in [0, 0.05) is 6.54 Å². The highest BCUT2D eigenvalue weighted by atomic mass is 16.2. The molecule has 0 saturated heterocycles. The Kier molecular flexibility index (Phi) is 9.02. The molecule has 0 bridgehead atoms. The number of nitrogens with zero attached hydrogens (tertiary/aromatic N) is 1. The van der Waals surface area contributed by atoms with E-state index in [0.29, 0.717) is 12.5 Å². The van der Waals surface area contributed by atoms with Crippen molar-refractivity contribution in [1.29, 1.82) is 0 Å². The summed E-state index contributed by atoms with van der Waals surface area (Å²) in [4.78, 5) is 13.7. The highest BCUT2D eigenvalue weighted by Crippen LogP contribution is 2.21. The number of hydrogen-bond donors (Lipinski definition) is 2. The van der Waals surface area contributed by atoms with Gasteiger partial charge in [0.1, 0.15) is 0 Å². The van der Waals surface area contributed by atoms with Gasteiger partial charge >= 0.3 is 0 Å². The molecule has 0 atom stereocenters. The van der Waals surface area contributed by atoms with Crippen LogP contribution in [0.2, 0.25) is 0 Å². The van der Waals surface area contributed by atoms with Crippen LogP contribution in [0.25, 0.3) is 0 Å². The number of hydrogen-bond acceptors (Lipinski definition) is 3. The number of rotatable bonds is 10. The van der Waals surface area contributed by atoms with E-state index in [1.165, 1.54) is 6.42 Å². The third-order valence-electron chi connectivity index (χ3n) is 3.32. The number of amides is 1. The van der Waals surface area contributed by atoms with Crippen molar-refractivity contribution in [2.45, 2.75) is 47.0 Å². The molecule has 0 aromatic carbocycles. The van der Waals surface area contributed by atoms with E-state index in [4.69, 9.17) is 5.73 Å². The van der Waals surface area contributed by atoms with Gasteiger partial charge in [0.05, 0.1) is 6.54 Å². The molecule has 0 aliphatic carbocycles. The van der Waals surface area contributed by atoms with Crippen molar-refractivity contribution in [2.75, 3.05) is 33.2 Å². The van der Waals surface area contributed by atoms with Gasteiger partial charge in [-0.25, -0.2) is 0 Å². The average Bonchev–Trinajstić information content (AvgIpc) is 2.32. The minimum atomic E-state index is 0.124. The monoisotopic (exact) mass is 271 g/mol.